The molecular weight excluding hydrogens is 332 g/mol. The van der Waals surface area contributed by atoms with Crippen molar-refractivity contribution < 1.29 is 0 Å². The van der Waals surface area contributed by atoms with Crippen molar-refractivity contribution in [3.05, 3.63) is 6.33 Å². The van der Waals surface area contributed by atoms with Gasteiger partial charge in [0.2, 0.25) is 5.13 Å². The average molecular weight is 343 g/mol. The van der Waals surface area contributed by atoms with E-state index in [1.54, 1.807) is 29.4 Å². The quantitative estimate of drug-likeness (QED) is 0.559. The van der Waals surface area contributed by atoms with Gasteiger partial charge in [0.15, 0.2) is 14.3 Å². The van der Waals surface area contributed by atoms with Gasteiger partial charge in [-0.25, -0.2) is 15.0 Å². The molecule has 0 aromatic carbocycles. The van der Waals surface area contributed by atoms with Crippen molar-refractivity contribution >= 4 is 61.7 Å². The summed E-state index contributed by atoms with van der Waals surface area (Å²) in [6.07, 6.45) is 3.55. The molecule has 1 N–H and O–H groups in total. The van der Waals surface area contributed by atoms with Crippen molar-refractivity contribution in [1.29, 1.82) is 0 Å². The van der Waals surface area contributed by atoms with Gasteiger partial charge in [0, 0.05) is 6.54 Å². The number of fused-ring (bicyclic) bond motifs is 1. The van der Waals surface area contributed by atoms with Crippen LogP contribution in [0.15, 0.2) is 20.0 Å². The van der Waals surface area contributed by atoms with Crippen molar-refractivity contribution in [2.75, 3.05) is 18.1 Å². The third-order valence-corrected chi connectivity index (χ3v) is 6.33. The van der Waals surface area contributed by atoms with Crippen LogP contribution in [-0.2, 0) is 0 Å². The molecule has 3 aromatic heterocycles. The van der Waals surface area contributed by atoms with Gasteiger partial charge in [0.05, 0.1) is 0 Å². The van der Waals surface area contributed by atoms with E-state index < -0.39 is 0 Å². The minimum atomic E-state index is 0.744. The molecule has 0 saturated carbocycles. The molecule has 3 rings (SSSR count). The van der Waals surface area contributed by atoms with E-state index >= 15 is 0 Å². The molecule has 3 aromatic rings. The lowest BCUT2D eigenvalue weighted by atomic mass is 10.6. The van der Waals surface area contributed by atoms with E-state index in [0.29, 0.717) is 0 Å². The Balaban J connectivity index is 1.91. The molecule has 0 spiro atoms. The van der Waals surface area contributed by atoms with Crippen molar-refractivity contribution in [2.45, 2.75) is 20.6 Å². The Morgan fingerprint density at radius 1 is 1.20 bits per heavy atom. The highest BCUT2D eigenvalue weighted by atomic mass is 32.2. The maximum atomic E-state index is 4.44. The number of hydrogen-bond acceptors (Lipinski definition) is 10. The lowest BCUT2D eigenvalue weighted by Gasteiger charge is -1.96. The van der Waals surface area contributed by atoms with Crippen LogP contribution >= 0.6 is 46.2 Å². The summed E-state index contributed by atoms with van der Waals surface area (Å²) in [5.41, 5.74) is 0.744. The van der Waals surface area contributed by atoms with Crippen molar-refractivity contribution in [1.82, 2.24) is 25.1 Å². The summed E-state index contributed by atoms with van der Waals surface area (Å²) in [5, 5.41) is 13.1. The van der Waals surface area contributed by atoms with Crippen LogP contribution in [0.3, 0.4) is 0 Å². The molecule has 0 aliphatic heterocycles. The third-order valence-electron chi connectivity index (χ3n) is 2.23. The van der Waals surface area contributed by atoms with Crippen molar-refractivity contribution in [3.8, 4) is 0 Å². The average Bonchev–Trinajstić information content (AvgIpc) is 3.06. The minimum absolute atomic E-state index is 0.744. The SMILES string of the molecule is CCNc1nnc(Sc2ncnc3nc(SC)sc23)s1. The molecule has 0 saturated heterocycles. The fourth-order valence-electron chi connectivity index (χ4n) is 1.43. The van der Waals surface area contributed by atoms with E-state index in [4.69, 9.17) is 0 Å². The van der Waals surface area contributed by atoms with Crippen LogP contribution in [0.25, 0.3) is 10.3 Å². The number of nitrogens with one attached hydrogen (secondary N) is 1. The highest BCUT2D eigenvalue weighted by Gasteiger charge is 2.13. The summed E-state index contributed by atoms with van der Waals surface area (Å²) >= 11 is 6.25. The van der Waals surface area contributed by atoms with Gasteiger partial charge in [-0.3, -0.25) is 0 Å². The van der Waals surface area contributed by atoms with Crippen LogP contribution in [0.4, 0.5) is 5.13 Å². The first-order valence-electron chi connectivity index (χ1n) is 5.71. The molecule has 3 heterocycles. The normalized spacial score (nSPS) is 11.1. The first-order chi connectivity index (χ1) is 9.80. The van der Waals surface area contributed by atoms with Gasteiger partial charge >= 0.3 is 0 Å². The van der Waals surface area contributed by atoms with Crippen LogP contribution in [-0.4, -0.2) is 37.9 Å². The Kier molecular flexibility index (Phi) is 4.34. The largest absolute Gasteiger partial charge is 0.360 e. The zero-order chi connectivity index (χ0) is 13.9. The summed E-state index contributed by atoms with van der Waals surface area (Å²) in [5.74, 6) is 0. The van der Waals surface area contributed by atoms with E-state index in [-0.39, 0.29) is 0 Å². The molecule has 0 bridgehead atoms. The Morgan fingerprint density at radius 3 is 2.90 bits per heavy atom. The summed E-state index contributed by atoms with van der Waals surface area (Å²) in [4.78, 5) is 13.0. The molecule has 0 aliphatic carbocycles. The first kappa shape index (κ1) is 14.0. The summed E-state index contributed by atoms with van der Waals surface area (Å²) in [6, 6.07) is 0. The fourth-order valence-corrected chi connectivity index (χ4v) is 4.79. The fraction of sp³-hybridized carbons (Fsp3) is 0.300. The van der Waals surface area contributed by atoms with Crippen LogP contribution in [0.5, 0.6) is 0 Å². The Bertz CT molecular complexity index is 723. The number of aromatic nitrogens is 5. The number of anilines is 1. The van der Waals surface area contributed by atoms with Gasteiger partial charge < -0.3 is 5.32 Å². The molecule has 0 radical (unpaired) electrons. The molecule has 0 atom stereocenters. The molecule has 0 aliphatic rings. The highest BCUT2D eigenvalue weighted by Crippen LogP contribution is 2.37. The molecular formula is C10H10N6S4. The number of rotatable bonds is 5. The molecule has 104 valence electrons. The topological polar surface area (TPSA) is 76.5 Å². The van der Waals surface area contributed by atoms with Gasteiger partial charge in [-0.2, -0.15) is 0 Å². The predicted molar refractivity (Wildman–Crippen MR) is 85.2 cm³/mol. The predicted octanol–water partition coefficient (Wildman–Crippen LogP) is 3.24. The second-order valence-electron chi connectivity index (χ2n) is 3.52. The Labute approximate surface area is 131 Å². The van der Waals surface area contributed by atoms with Crippen LogP contribution in [0, 0.1) is 0 Å². The maximum absolute atomic E-state index is 4.44. The molecule has 20 heavy (non-hydrogen) atoms. The van der Waals surface area contributed by atoms with Crippen LogP contribution < -0.4 is 5.32 Å². The summed E-state index contributed by atoms with van der Waals surface area (Å²) in [6.45, 7) is 2.87. The van der Waals surface area contributed by atoms with E-state index in [0.717, 1.165) is 35.7 Å². The van der Waals surface area contributed by atoms with E-state index in [1.165, 1.54) is 23.1 Å². The van der Waals surface area contributed by atoms with Gasteiger partial charge in [-0.05, 0) is 24.9 Å². The Hall–Kier alpha value is -0.970. The lowest BCUT2D eigenvalue weighted by molar-refractivity contribution is 0.997. The number of hydrogen-bond donors (Lipinski definition) is 1. The second-order valence-corrected chi connectivity index (χ2v) is 7.79. The minimum Gasteiger partial charge on any atom is -0.360 e. The van der Waals surface area contributed by atoms with Gasteiger partial charge in [-0.15, -0.1) is 21.5 Å². The number of nitrogens with zero attached hydrogens (tertiary/aromatic N) is 5. The maximum Gasteiger partial charge on any atom is 0.206 e. The van der Waals surface area contributed by atoms with Gasteiger partial charge in [0.1, 0.15) is 16.1 Å². The van der Waals surface area contributed by atoms with Crippen LogP contribution in [0.1, 0.15) is 6.92 Å². The van der Waals surface area contributed by atoms with Gasteiger partial charge in [-0.1, -0.05) is 23.1 Å². The number of thiazole rings is 1. The monoisotopic (exact) mass is 342 g/mol. The zero-order valence-corrected chi connectivity index (χ0v) is 13.9. The van der Waals surface area contributed by atoms with Crippen molar-refractivity contribution in [3.63, 3.8) is 0 Å². The summed E-state index contributed by atoms with van der Waals surface area (Å²) in [7, 11) is 0. The third kappa shape index (κ3) is 2.87. The first-order valence-corrected chi connectivity index (χ1v) is 9.38. The standard InChI is InChI=1S/C10H10N6S4/c1-3-11-8-15-16-10(20-8)19-7-5-6(12-4-13-7)14-9(17-2)18-5/h4H,3H2,1-2H3,(H,11,15). The van der Waals surface area contributed by atoms with E-state index in [9.17, 15) is 0 Å². The van der Waals surface area contributed by atoms with Crippen molar-refractivity contribution in [2.24, 2.45) is 0 Å². The smallest absolute Gasteiger partial charge is 0.206 e. The molecule has 10 heteroatoms. The Morgan fingerprint density at radius 2 is 2.10 bits per heavy atom. The highest BCUT2D eigenvalue weighted by molar-refractivity contribution is 8.01. The van der Waals surface area contributed by atoms with E-state index in [1.807, 2.05) is 13.2 Å². The molecule has 0 fully saturated rings. The second kappa shape index (κ2) is 6.20. The van der Waals surface area contributed by atoms with Gasteiger partial charge in [0.25, 0.3) is 0 Å². The molecule has 6 nitrogen and oxygen atoms in total. The molecule has 0 amide bonds. The zero-order valence-electron chi connectivity index (χ0n) is 10.7. The lowest BCUT2D eigenvalue weighted by Crippen LogP contribution is -1.94. The van der Waals surface area contributed by atoms with Crippen LogP contribution in [0.2, 0.25) is 0 Å². The van der Waals surface area contributed by atoms with E-state index in [2.05, 4.69) is 30.5 Å². The molecule has 0 unspecified atom stereocenters. The number of thioether (sulfide) groups is 1. The summed E-state index contributed by atoms with van der Waals surface area (Å²) < 4.78 is 2.86.